The molecule has 0 saturated carbocycles. The number of nitrogens with one attached hydrogen (secondary N) is 2. The van der Waals surface area contributed by atoms with Gasteiger partial charge < -0.3 is 20.1 Å². The van der Waals surface area contributed by atoms with Crippen LogP contribution in [0.2, 0.25) is 0 Å². The van der Waals surface area contributed by atoms with Crippen molar-refractivity contribution in [2.75, 3.05) is 53.6 Å². The molecule has 1 saturated heterocycles. The molecule has 1 aromatic carbocycles. The van der Waals surface area contributed by atoms with E-state index in [1.165, 1.54) is 5.56 Å². The summed E-state index contributed by atoms with van der Waals surface area (Å²) in [6.45, 7) is 9.97. The predicted molar refractivity (Wildman–Crippen MR) is 122 cm³/mol. The Labute approximate surface area is 181 Å². The van der Waals surface area contributed by atoms with Crippen molar-refractivity contribution in [2.24, 2.45) is 10.9 Å². The molecule has 1 fully saturated rings. The Bertz CT molecular complexity index is 545. The molecule has 7 heteroatoms. The molecule has 6 nitrogen and oxygen atoms in total. The highest BCUT2D eigenvalue weighted by Gasteiger charge is 2.23. The molecule has 1 aromatic rings. The van der Waals surface area contributed by atoms with E-state index in [1.807, 2.05) is 19.2 Å². The maximum Gasteiger partial charge on any atom is 0.191 e. The Balaban J connectivity index is 0.00000364. The molecule has 1 atom stereocenters. The normalized spacial score (nSPS) is 16.6. The molecule has 0 aliphatic carbocycles. The number of benzene rings is 1. The first-order valence-electron chi connectivity index (χ1n) is 9.53. The van der Waals surface area contributed by atoms with Crippen LogP contribution in [-0.4, -0.2) is 70.5 Å². The van der Waals surface area contributed by atoms with Crippen molar-refractivity contribution in [2.45, 2.75) is 26.3 Å². The molecule has 2 rings (SSSR count). The fraction of sp³-hybridized carbons (Fsp3) is 0.650. The minimum absolute atomic E-state index is 0. The molecule has 0 spiro atoms. The maximum absolute atomic E-state index is 5.48. The number of methoxy groups -OCH3 is 1. The Hall–Kier alpha value is -1.06. The number of morpholine rings is 1. The molecule has 27 heavy (non-hydrogen) atoms. The van der Waals surface area contributed by atoms with Crippen LogP contribution in [-0.2, 0) is 11.2 Å². The van der Waals surface area contributed by atoms with Gasteiger partial charge in [0, 0.05) is 39.3 Å². The Morgan fingerprint density at radius 1 is 1.19 bits per heavy atom. The molecular formula is C20H35IN4O2. The van der Waals surface area contributed by atoms with Crippen LogP contribution in [0.25, 0.3) is 0 Å². The summed E-state index contributed by atoms with van der Waals surface area (Å²) >= 11 is 0. The minimum Gasteiger partial charge on any atom is -0.497 e. The number of guanidine groups is 1. The van der Waals surface area contributed by atoms with E-state index in [9.17, 15) is 0 Å². The van der Waals surface area contributed by atoms with E-state index in [1.54, 1.807) is 7.11 Å². The van der Waals surface area contributed by atoms with Gasteiger partial charge in [0.25, 0.3) is 0 Å². The van der Waals surface area contributed by atoms with Crippen molar-refractivity contribution in [3.05, 3.63) is 29.8 Å². The summed E-state index contributed by atoms with van der Waals surface area (Å²) in [4.78, 5) is 6.87. The highest BCUT2D eigenvalue weighted by Crippen LogP contribution is 2.12. The monoisotopic (exact) mass is 490 g/mol. The van der Waals surface area contributed by atoms with Gasteiger partial charge in [0.15, 0.2) is 5.96 Å². The highest BCUT2D eigenvalue weighted by molar-refractivity contribution is 14.0. The Morgan fingerprint density at radius 3 is 2.41 bits per heavy atom. The molecule has 1 aliphatic heterocycles. The van der Waals surface area contributed by atoms with Crippen LogP contribution in [0.3, 0.4) is 0 Å². The molecule has 0 radical (unpaired) electrons. The SMILES string of the molecule is CN=C(NCCc1ccc(OC)cc1)NCC(C(C)C)N1CCOCC1.I. The summed E-state index contributed by atoms with van der Waals surface area (Å²) in [6.07, 6.45) is 0.946. The van der Waals surface area contributed by atoms with E-state index in [2.05, 4.69) is 46.5 Å². The number of hydrogen-bond acceptors (Lipinski definition) is 4. The van der Waals surface area contributed by atoms with E-state index in [4.69, 9.17) is 9.47 Å². The second-order valence-electron chi connectivity index (χ2n) is 6.94. The summed E-state index contributed by atoms with van der Waals surface area (Å²) in [5, 5.41) is 6.90. The van der Waals surface area contributed by atoms with Crippen LogP contribution < -0.4 is 15.4 Å². The Kier molecular flexibility index (Phi) is 11.7. The largest absolute Gasteiger partial charge is 0.497 e. The van der Waals surface area contributed by atoms with E-state index in [-0.39, 0.29) is 24.0 Å². The van der Waals surface area contributed by atoms with Crippen LogP contribution in [0.15, 0.2) is 29.3 Å². The van der Waals surface area contributed by atoms with Crippen molar-refractivity contribution in [3.63, 3.8) is 0 Å². The molecular weight excluding hydrogens is 455 g/mol. The van der Waals surface area contributed by atoms with Crippen LogP contribution >= 0.6 is 24.0 Å². The first-order valence-corrected chi connectivity index (χ1v) is 9.53. The first kappa shape index (κ1) is 24.0. The van der Waals surface area contributed by atoms with Gasteiger partial charge in [-0.25, -0.2) is 0 Å². The fourth-order valence-corrected chi connectivity index (χ4v) is 3.23. The summed E-state index contributed by atoms with van der Waals surface area (Å²) in [5.41, 5.74) is 1.28. The number of nitrogens with zero attached hydrogens (tertiary/aromatic N) is 2. The topological polar surface area (TPSA) is 58.1 Å². The number of hydrogen-bond donors (Lipinski definition) is 2. The molecule has 1 unspecified atom stereocenters. The Morgan fingerprint density at radius 2 is 1.85 bits per heavy atom. The summed E-state index contributed by atoms with van der Waals surface area (Å²) in [6, 6.07) is 8.68. The maximum atomic E-state index is 5.48. The molecule has 1 heterocycles. The van der Waals surface area contributed by atoms with Crippen molar-refractivity contribution < 1.29 is 9.47 Å². The summed E-state index contributed by atoms with van der Waals surface area (Å²) in [7, 11) is 3.51. The van der Waals surface area contributed by atoms with Gasteiger partial charge in [-0.3, -0.25) is 9.89 Å². The van der Waals surface area contributed by atoms with Gasteiger partial charge in [0.2, 0.25) is 0 Å². The van der Waals surface area contributed by atoms with Crippen LogP contribution in [0.4, 0.5) is 0 Å². The third kappa shape index (κ3) is 8.23. The van der Waals surface area contributed by atoms with Crippen LogP contribution in [0.5, 0.6) is 5.75 Å². The van der Waals surface area contributed by atoms with Gasteiger partial charge in [0.05, 0.1) is 20.3 Å². The fourth-order valence-electron chi connectivity index (χ4n) is 3.23. The summed E-state index contributed by atoms with van der Waals surface area (Å²) in [5.74, 6) is 2.33. The number of ether oxygens (including phenoxy) is 2. The third-order valence-electron chi connectivity index (χ3n) is 4.85. The van der Waals surface area contributed by atoms with Gasteiger partial charge in [-0.1, -0.05) is 26.0 Å². The molecule has 0 aromatic heterocycles. The minimum atomic E-state index is 0. The zero-order valence-corrected chi connectivity index (χ0v) is 19.4. The standard InChI is InChI=1S/C20H34N4O2.HI/c1-16(2)19(24-11-13-26-14-12-24)15-23-20(21-3)22-10-9-17-5-7-18(25-4)8-6-17;/h5-8,16,19H,9-15H2,1-4H3,(H2,21,22,23);1H. The number of rotatable bonds is 8. The third-order valence-corrected chi connectivity index (χ3v) is 4.85. The molecule has 2 N–H and O–H groups in total. The highest BCUT2D eigenvalue weighted by atomic mass is 127. The number of aliphatic imine (C=N–C) groups is 1. The quantitative estimate of drug-likeness (QED) is 0.333. The lowest BCUT2D eigenvalue weighted by molar-refractivity contribution is 0.00752. The lowest BCUT2D eigenvalue weighted by Gasteiger charge is -2.37. The van der Waals surface area contributed by atoms with Crippen molar-refractivity contribution in [1.29, 1.82) is 0 Å². The second kappa shape index (κ2) is 13.2. The van der Waals surface area contributed by atoms with Crippen LogP contribution in [0, 0.1) is 5.92 Å². The zero-order valence-electron chi connectivity index (χ0n) is 17.0. The lowest BCUT2D eigenvalue weighted by atomic mass is 10.0. The van der Waals surface area contributed by atoms with E-state index >= 15 is 0 Å². The van der Waals surface area contributed by atoms with Gasteiger partial charge in [-0.2, -0.15) is 0 Å². The van der Waals surface area contributed by atoms with Gasteiger partial charge in [0.1, 0.15) is 5.75 Å². The van der Waals surface area contributed by atoms with E-state index in [0.29, 0.717) is 12.0 Å². The van der Waals surface area contributed by atoms with Gasteiger partial charge in [-0.05, 0) is 30.0 Å². The molecule has 154 valence electrons. The second-order valence-corrected chi connectivity index (χ2v) is 6.94. The lowest BCUT2D eigenvalue weighted by Crippen LogP contribution is -2.52. The average Bonchev–Trinajstić information content (AvgIpc) is 2.68. The summed E-state index contributed by atoms with van der Waals surface area (Å²) < 4.78 is 10.7. The zero-order chi connectivity index (χ0) is 18.8. The van der Waals surface area contributed by atoms with Crippen LogP contribution in [0.1, 0.15) is 19.4 Å². The van der Waals surface area contributed by atoms with Crippen molar-refractivity contribution >= 4 is 29.9 Å². The molecule has 0 amide bonds. The van der Waals surface area contributed by atoms with E-state index in [0.717, 1.165) is 57.5 Å². The van der Waals surface area contributed by atoms with E-state index < -0.39 is 0 Å². The van der Waals surface area contributed by atoms with Gasteiger partial charge >= 0.3 is 0 Å². The smallest absolute Gasteiger partial charge is 0.191 e. The predicted octanol–water partition coefficient (Wildman–Crippen LogP) is 2.38. The molecule has 0 bridgehead atoms. The van der Waals surface area contributed by atoms with Crippen molar-refractivity contribution in [1.82, 2.24) is 15.5 Å². The first-order chi connectivity index (χ1) is 12.6. The number of halogens is 1. The van der Waals surface area contributed by atoms with Crippen molar-refractivity contribution in [3.8, 4) is 5.75 Å². The average molecular weight is 490 g/mol. The van der Waals surface area contributed by atoms with Gasteiger partial charge in [-0.15, -0.1) is 24.0 Å². The molecule has 1 aliphatic rings.